The fraction of sp³-hybridized carbons (Fsp3) is 0.800. The zero-order valence-corrected chi connectivity index (χ0v) is 12.2. The zero-order valence-electron chi connectivity index (χ0n) is 12.2. The molecule has 0 radical (unpaired) electrons. The second kappa shape index (κ2) is 5.74. The summed E-state index contributed by atoms with van der Waals surface area (Å²) in [4.78, 5) is 14.2. The highest BCUT2D eigenvalue weighted by Crippen LogP contribution is 2.32. The van der Waals surface area contributed by atoms with Crippen molar-refractivity contribution in [1.82, 2.24) is 10.2 Å². The van der Waals surface area contributed by atoms with E-state index in [-0.39, 0.29) is 17.7 Å². The number of hydrogen-bond acceptors (Lipinski definition) is 3. The highest BCUT2D eigenvalue weighted by Gasteiger charge is 2.41. The lowest BCUT2D eigenvalue weighted by Gasteiger charge is -2.38. The van der Waals surface area contributed by atoms with Crippen molar-refractivity contribution in [1.29, 1.82) is 0 Å². The number of urea groups is 1. The Hall–Kier alpha value is -1.07. The monoisotopic (exact) mass is 280 g/mol. The van der Waals surface area contributed by atoms with E-state index in [9.17, 15) is 4.79 Å². The Kier molecular flexibility index (Phi) is 3.98. The minimum Gasteiger partial charge on any atom is -0.378 e. The maximum absolute atomic E-state index is 12.3. The standard InChI is InChI=1S/C15H24N2O3/c1-12-3-2-6-17(10-12)14(18)16-13-4-7-20-15(9-13)5-8-19-11-15/h3,13H,2,4-11H2,1H3,(H,16,18). The molecule has 0 saturated carbocycles. The van der Waals surface area contributed by atoms with Crippen LogP contribution in [0.15, 0.2) is 11.6 Å². The van der Waals surface area contributed by atoms with Crippen LogP contribution in [-0.2, 0) is 9.47 Å². The predicted octanol–water partition coefficient (Wildman–Crippen LogP) is 1.69. The second-order valence-electron chi connectivity index (χ2n) is 6.23. The third-order valence-electron chi connectivity index (χ3n) is 4.51. The van der Waals surface area contributed by atoms with Crippen molar-refractivity contribution in [2.45, 2.75) is 44.2 Å². The molecule has 0 aliphatic carbocycles. The van der Waals surface area contributed by atoms with E-state index in [1.807, 2.05) is 4.90 Å². The molecule has 2 saturated heterocycles. The Bertz CT molecular complexity index is 402. The summed E-state index contributed by atoms with van der Waals surface area (Å²) in [6.07, 6.45) is 5.90. The molecule has 1 N–H and O–H groups in total. The number of nitrogens with one attached hydrogen (secondary N) is 1. The topological polar surface area (TPSA) is 50.8 Å². The summed E-state index contributed by atoms with van der Waals surface area (Å²) in [6.45, 7) is 5.82. The van der Waals surface area contributed by atoms with E-state index < -0.39 is 0 Å². The molecular formula is C15H24N2O3. The third kappa shape index (κ3) is 2.99. The highest BCUT2D eigenvalue weighted by atomic mass is 16.6. The van der Waals surface area contributed by atoms with Gasteiger partial charge >= 0.3 is 6.03 Å². The lowest BCUT2D eigenvalue weighted by molar-refractivity contribution is -0.0881. The lowest BCUT2D eigenvalue weighted by Crippen LogP contribution is -2.52. The van der Waals surface area contributed by atoms with Gasteiger partial charge < -0.3 is 19.7 Å². The maximum Gasteiger partial charge on any atom is 0.317 e. The maximum atomic E-state index is 12.3. The molecule has 3 heterocycles. The van der Waals surface area contributed by atoms with Gasteiger partial charge in [-0.3, -0.25) is 0 Å². The normalized spacial score (nSPS) is 34.1. The average Bonchev–Trinajstić information content (AvgIpc) is 2.87. The van der Waals surface area contributed by atoms with Gasteiger partial charge in [0.15, 0.2) is 0 Å². The molecule has 0 aromatic rings. The molecule has 3 aliphatic heterocycles. The van der Waals surface area contributed by atoms with Crippen molar-refractivity contribution in [3.63, 3.8) is 0 Å². The molecule has 2 fully saturated rings. The van der Waals surface area contributed by atoms with E-state index in [0.717, 1.165) is 45.4 Å². The van der Waals surface area contributed by atoms with E-state index in [1.54, 1.807) is 0 Å². The molecule has 20 heavy (non-hydrogen) atoms. The van der Waals surface area contributed by atoms with Gasteiger partial charge in [-0.2, -0.15) is 0 Å². The Morgan fingerprint density at radius 1 is 1.50 bits per heavy atom. The van der Waals surface area contributed by atoms with E-state index in [0.29, 0.717) is 13.2 Å². The Balaban J connectivity index is 1.54. The predicted molar refractivity (Wildman–Crippen MR) is 75.6 cm³/mol. The fourth-order valence-electron chi connectivity index (χ4n) is 3.36. The summed E-state index contributed by atoms with van der Waals surface area (Å²) in [7, 11) is 0. The van der Waals surface area contributed by atoms with Crippen LogP contribution in [0.3, 0.4) is 0 Å². The molecule has 112 valence electrons. The van der Waals surface area contributed by atoms with Crippen LogP contribution in [0.1, 0.15) is 32.6 Å². The van der Waals surface area contributed by atoms with Crippen molar-refractivity contribution in [2.75, 3.05) is 32.9 Å². The molecule has 0 aromatic heterocycles. The molecular weight excluding hydrogens is 256 g/mol. The largest absolute Gasteiger partial charge is 0.378 e. The lowest BCUT2D eigenvalue weighted by atomic mass is 9.90. The van der Waals surface area contributed by atoms with E-state index in [1.165, 1.54) is 5.57 Å². The number of rotatable bonds is 1. The summed E-state index contributed by atoms with van der Waals surface area (Å²) < 4.78 is 11.4. The molecule has 3 rings (SSSR count). The Labute approximate surface area is 120 Å². The first-order chi connectivity index (χ1) is 9.67. The van der Waals surface area contributed by atoms with Crippen LogP contribution >= 0.6 is 0 Å². The fourth-order valence-corrected chi connectivity index (χ4v) is 3.36. The van der Waals surface area contributed by atoms with Gasteiger partial charge in [0.25, 0.3) is 0 Å². The number of ether oxygens (including phenoxy) is 2. The minimum absolute atomic E-state index is 0.0680. The van der Waals surface area contributed by atoms with Gasteiger partial charge in [0.2, 0.25) is 0 Å². The van der Waals surface area contributed by atoms with Crippen LogP contribution in [0, 0.1) is 0 Å². The summed E-state index contributed by atoms with van der Waals surface area (Å²) in [5, 5.41) is 3.18. The molecule has 2 unspecified atom stereocenters. The summed E-state index contributed by atoms with van der Waals surface area (Å²) in [5.74, 6) is 0. The molecule has 5 nitrogen and oxygen atoms in total. The summed E-state index contributed by atoms with van der Waals surface area (Å²) >= 11 is 0. The quantitative estimate of drug-likeness (QED) is 0.744. The van der Waals surface area contributed by atoms with E-state index >= 15 is 0 Å². The Morgan fingerprint density at radius 2 is 2.40 bits per heavy atom. The third-order valence-corrected chi connectivity index (χ3v) is 4.51. The van der Waals surface area contributed by atoms with Crippen LogP contribution in [0.5, 0.6) is 0 Å². The zero-order chi connectivity index (χ0) is 14.0. The molecule has 2 atom stereocenters. The number of nitrogens with zero attached hydrogens (tertiary/aromatic N) is 1. The van der Waals surface area contributed by atoms with Gasteiger partial charge in [-0.25, -0.2) is 4.79 Å². The van der Waals surface area contributed by atoms with Crippen LogP contribution in [0.2, 0.25) is 0 Å². The molecule has 5 heteroatoms. The van der Waals surface area contributed by atoms with Crippen LogP contribution in [-0.4, -0.2) is 55.5 Å². The van der Waals surface area contributed by atoms with Crippen molar-refractivity contribution in [3.8, 4) is 0 Å². The number of amides is 2. The minimum atomic E-state index is -0.145. The molecule has 3 aliphatic rings. The summed E-state index contributed by atoms with van der Waals surface area (Å²) in [6, 6.07) is 0.280. The Morgan fingerprint density at radius 3 is 3.15 bits per heavy atom. The molecule has 1 spiro atoms. The van der Waals surface area contributed by atoms with E-state index in [4.69, 9.17) is 9.47 Å². The van der Waals surface area contributed by atoms with Crippen molar-refractivity contribution in [3.05, 3.63) is 11.6 Å². The number of carbonyl (C=O) groups is 1. The molecule has 0 aromatic carbocycles. The van der Waals surface area contributed by atoms with Gasteiger partial charge in [0, 0.05) is 38.8 Å². The van der Waals surface area contributed by atoms with Gasteiger partial charge in [0.05, 0.1) is 12.2 Å². The van der Waals surface area contributed by atoms with Gasteiger partial charge in [-0.15, -0.1) is 0 Å². The van der Waals surface area contributed by atoms with Crippen molar-refractivity contribution >= 4 is 6.03 Å². The van der Waals surface area contributed by atoms with Gasteiger partial charge in [-0.1, -0.05) is 11.6 Å². The first-order valence-corrected chi connectivity index (χ1v) is 7.60. The SMILES string of the molecule is CC1=CCCN(C(=O)NC2CCOC3(CCOC3)C2)C1. The van der Waals surface area contributed by atoms with Crippen LogP contribution < -0.4 is 5.32 Å². The smallest absolute Gasteiger partial charge is 0.317 e. The van der Waals surface area contributed by atoms with Crippen LogP contribution in [0.4, 0.5) is 4.79 Å². The first-order valence-electron chi connectivity index (χ1n) is 7.60. The van der Waals surface area contributed by atoms with Crippen LogP contribution in [0.25, 0.3) is 0 Å². The van der Waals surface area contributed by atoms with Crippen molar-refractivity contribution < 1.29 is 14.3 Å². The number of carbonyl (C=O) groups excluding carboxylic acids is 1. The van der Waals surface area contributed by atoms with Gasteiger partial charge in [-0.05, 0) is 26.2 Å². The number of hydrogen-bond donors (Lipinski definition) is 1. The van der Waals surface area contributed by atoms with Crippen molar-refractivity contribution in [2.24, 2.45) is 0 Å². The molecule has 2 amide bonds. The van der Waals surface area contributed by atoms with Gasteiger partial charge in [0.1, 0.15) is 0 Å². The average molecular weight is 280 g/mol. The summed E-state index contributed by atoms with van der Waals surface area (Å²) in [5.41, 5.74) is 1.13. The van der Waals surface area contributed by atoms with E-state index in [2.05, 4.69) is 18.3 Å². The first kappa shape index (κ1) is 13.9. The molecule has 0 bridgehead atoms. The highest BCUT2D eigenvalue weighted by molar-refractivity contribution is 5.75. The second-order valence-corrected chi connectivity index (χ2v) is 6.23.